The van der Waals surface area contributed by atoms with Crippen molar-refractivity contribution in [2.24, 2.45) is 0 Å². The second-order valence-electron chi connectivity index (χ2n) is 9.70. The molecule has 4 aromatic carbocycles. The lowest BCUT2D eigenvalue weighted by Gasteiger charge is -2.23. The highest BCUT2D eigenvalue weighted by molar-refractivity contribution is 6.41. The van der Waals surface area contributed by atoms with Gasteiger partial charge in [0.15, 0.2) is 0 Å². The molecule has 0 saturated heterocycles. The van der Waals surface area contributed by atoms with Crippen molar-refractivity contribution in [2.75, 3.05) is 41.3 Å². The van der Waals surface area contributed by atoms with Gasteiger partial charge in [-0.1, -0.05) is 66.7 Å². The second kappa shape index (κ2) is 13.6. The number of rotatable bonds is 12. The maximum Gasteiger partial charge on any atom is 0.292 e. The topological polar surface area (TPSA) is 52.7 Å². The number of nitrogens with one attached hydrogen (secondary N) is 1. The quantitative estimate of drug-likeness (QED) is 0.192. The van der Waals surface area contributed by atoms with E-state index in [0.717, 1.165) is 65.4 Å². The molecule has 0 aliphatic rings. The summed E-state index contributed by atoms with van der Waals surface area (Å²) < 4.78 is 0. The monoisotopic (exact) mass is 533 g/mol. The van der Waals surface area contributed by atoms with E-state index < -0.39 is 11.7 Å². The van der Waals surface area contributed by atoms with E-state index in [9.17, 15) is 9.59 Å². The zero-order valence-electron chi connectivity index (χ0n) is 24.0. The zero-order chi connectivity index (χ0) is 28.5. The van der Waals surface area contributed by atoms with Gasteiger partial charge in [0.25, 0.3) is 5.91 Å². The highest BCUT2D eigenvalue weighted by atomic mass is 16.2. The molecule has 0 saturated carbocycles. The van der Waals surface area contributed by atoms with Gasteiger partial charge in [0.05, 0.1) is 0 Å². The predicted octanol–water partition coefficient (Wildman–Crippen LogP) is 7.46. The minimum Gasteiger partial charge on any atom is -0.372 e. The molecule has 0 aliphatic heterocycles. The van der Waals surface area contributed by atoms with Crippen LogP contribution in [0.15, 0.2) is 97.1 Å². The van der Waals surface area contributed by atoms with Crippen LogP contribution in [-0.4, -0.2) is 37.9 Å². The molecule has 4 aromatic rings. The Bertz CT molecular complexity index is 1310. The van der Waals surface area contributed by atoms with Crippen LogP contribution in [0.1, 0.15) is 33.3 Å². The molecule has 4 rings (SSSR count). The molecule has 206 valence electrons. The third-order valence-electron chi connectivity index (χ3n) is 7.38. The van der Waals surface area contributed by atoms with E-state index in [1.807, 2.05) is 84.9 Å². The number of amides is 1. The number of hydrogen-bond donors (Lipinski definition) is 1. The van der Waals surface area contributed by atoms with Crippen LogP contribution in [0.2, 0.25) is 0 Å². The van der Waals surface area contributed by atoms with Crippen molar-refractivity contribution in [2.45, 2.75) is 34.1 Å². The summed E-state index contributed by atoms with van der Waals surface area (Å²) in [5.41, 5.74) is 7.51. The molecule has 0 atom stereocenters. The molecule has 0 radical (unpaired) electrons. The lowest BCUT2D eigenvalue weighted by molar-refractivity contribution is -0.134. The summed E-state index contributed by atoms with van der Waals surface area (Å²) in [6.07, 6.45) is 0.0206. The Morgan fingerprint density at radius 3 is 1.60 bits per heavy atom. The van der Waals surface area contributed by atoms with Gasteiger partial charge in [0.1, 0.15) is 0 Å². The molecule has 0 fully saturated rings. The van der Waals surface area contributed by atoms with E-state index in [4.69, 9.17) is 0 Å². The molecule has 5 nitrogen and oxygen atoms in total. The first-order valence-corrected chi connectivity index (χ1v) is 14.2. The second-order valence-corrected chi connectivity index (χ2v) is 9.70. The largest absolute Gasteiger partial charge is 0.372 e. The van der Waals surface area contributed by atoms with Crippen LogP contribution in [0.5, 0.6) is 0 Å². The fourth-order valence-electron chi connectivity index (χ4n) is 5.12. The number of carbonyl (C=O) groups excluding carboxylic acids is 2. The fourth-order valence-corrected chi connectivity index (χ4v) is 5.12. The van der Waals surface area contributed by atoms with Crippen LogP contribution in [0.25, 0.3) is 22.3 Å². The van der Waals surface area contributed by atoms with Gasteiger partial charge in [-0.25, -0.2) is 0 Å². The number of anilines is 3. The highest BCUT2D eigenvalue weighted by Crippen LogP contribution is 2.33. The first kappa shape index (κ1) is 28.6. The molecule has 5 heteroatoms. The average molecular weight is 534 g/mol. The number of hydrogen-bond acceptors (Lipinski definition) is 4. The smallest absolute Gasteiger partial charge is 0.292 e. The van der Waals surface area contributed by atoms with Crippen molar-refractivity contribution < 1.29 is 9.59 Å². The number of ketones is 1. The molecule has 0 aromatic heterocycles. The van der Waals surface area contributed by atoms with Gasteiger partial charge in [0.2, 0.25) is 5.78 Å². The Morgan fingerprint density at radius 1 is 0.600 bits per heavy atom. The number of benzene rings is 4. The van der Waals surface area contributed by atoms with Gasteiger partial charge >= 0.3 is 0 Å². The standard InChI is InChI=1S/C35H39N3O2/c1-5-37(6-2)29-20-19-28(31(24-29)26-15-11-9-12-16-26)23-34(39)35(40)36-33-22-21-30(38(7-3)8-4)25-32(33)27-17-13-10-14-18-27/h9-22,24-25H,5-8,23H2,1-4H3,(H,36,40). The first-order chi connectivity index (χ1) is 19.5. The van der Waals surface area contributed by atoms with E-state index in [-0.39, 0.29) is 6.42 Å². The van der Waals surface area contributed by atoms with Gasteiger partial charge in [-0.3, -0.25) is 9.59 Å². The summed E-state index contributed by atoms with van der Waals surface area (Å²) in [6.45, 7) is 12.1. The van der Waals surface area contributed by atoms with Crippen molar-refractivity contribution >= 4 is 28.8 Å². The maximum atomic E-state index is 13.3. The predicted molar refractivity (Wildman–Crippen MR) is 168 cm³/mol. The lowest BCUT2D eigenvalue weighted by Crippen LogP contribution is -2.26. The SMILES string of the molecule is CCN(CC)c1ccc(CC(=O)C(=O)Nc2ccc(N(CC)CC)cc2-c2ccccc2)c(-c2ccccc2)c1. The van der Waals surface area contributed by atoms with Crippen molar-refractivity contribution in [1.82, 2.24) is 0 Å². The van der Waals surface area contributed by atoms with Gasteiger partial charge in [-0.05, 0) is 80.3 Å². The third-order valence-corrected chi connectivity index (χ3v) is 7.38. The van der Waals surface area contributed by atoms with E-state index in [1.54, 1.807) is 0 Å². The Balaban J connectivity index is 1.62. The maximum absolute atomic E-state index is 13.3. The summed E-state index contributed by atoms with van der Waals surface area (Å²) in [7, 11) is 0. The van der Waals surface area contributed by atoms with E-state index in [2.05, 4.69) is 54.9 Å². The van der Waals surface area contributed by atoms with Crippen LogP contribution < -0.4 is 15.1 Å². The highest BCUT2D eigenvalue weighted by Gasteiger charge is 2.20. The zero-order valence-corrected chi connectivity index (χ0v) is 24.0. The summed E-state index contributed by atoms with van der Waals surface area (Å²) >= 11 is 0. The summed E-state index contributed by atoms with van der Waals surface area (Å²) in [4.78, 5) is 31.1. The molecule has 0 heterocycles. The fraction of sp³-hybridized carbons (Fsp3) is 0.257. The Labute approximate surface area is 238 Å². The van der Waals surface area contributed by atoms with Gasteiger partial charge in [0, 0.05) is 55.2 Å². The summed E-state index contributed by atoms with van der Waals surface area (Å²) in [5, 5.41) is 2.92. The molecule has 0 spiro atoms. The van der Waals surface area contributed by atoms with Crippen LogP contribution in [0, 0.1) is 0 Å². The van der Waals surface area contributed by atoms with Gasteiger partial charge < -0.3 is 15.1 Å². The van der Waals surface area contributed by atoms with Gasteiger partial charge in [-0.2, -0.15) is 0 Å². The molecule has 0 bridgehead atoms. The van der Waals surface area contributed by atoms with E-state index >= 15 is 0 Å². The molecular weight excluding hydrogens is 494 g/mol. The van der Waals surface area contributed by atoms with E-state index in [1.165, 1.54) is 0 Å². The summed E-state index contributed by atoms with van der Waals surface area (Å²) in [5.74, 6) is -1.08. The van der Waals surface area contributed by atoms with Crippen LogP contribution in [-0.2, 0) is 16.0 Å². The Morgan fingerprint density at radius 2 is 1.07 bits per heavy atom. The molecule has 1 amide bonds. The molecule has 0 aliphatic carbocycles. The minimum absolute atomic E-state index is 0.0206. The molecule has 40 heavy (non-hydrogen) atoms. The van der Waals surface area contributed by atoms with Crippen LogP contribution in [0.3, 0.4) is 0 Å². The molecular formula is C35H39N3O2. The third kappa shape index (κ3) is 6.60. The lowest BCUT2D eigenvalue weighted by atomic mass is 9.95. The Kier molecular flexibility index (Phi) is 9.74. The molecule has 0 unspecified atom stereocenters. The van der Waals surface area contributed by atoms with Crippen molar-refractivity contribution in [3.63, 3.8) is 0 Å². The number of carbonyl (C=O) groups is 2. The van der Waals surface area contributed by atoms with Crippen molar-refractivity contribution in [3.8, 4) is 22.3 Å². The first-order valence-electron chi connectivity index (χ1n) is 14.2. The minimum atomic E-state index is -0.611. The molecule has 1 N–H and O–H groups in total. The van der Waals surface area contributed by atoms with Crippen LogP contribution in [0.4, 0.5) is 17.1 Å². The number of Topliss-reactive ketones (excluding diaryl/α,β-unsaturated/α-hetero) is 1. The normalized spacial score (nSPS) is 10.7. The summed E-state index contributed by atoms with van der Waals surface area (Å²) in [6, 6.07) is 32.1. The van der Waals surface area contributed by atoms with Crippen molar-refractivity contribution in [1.29, 1.82) is 0 Å². The van der Waals surface area contributed by atoms with Crippen LogP contribution >= 0.6 is 0 Å². The number of nitrogens with zero attached hydrogens (tertiary/aromatic N) is 2. The average Bonchev–Trinajstić information content (AvgIpc) is 3.00. The Hall–Kier alpha value is -4.38. The van der Waals surface area contributed by atoms with Crippen molar-refractivity contribution in [3.05, 3.63) is 103 Å². The van der Waals surface area contributed by atoms with E-state index in [0.29, 0.717) is 5.69 Å². The van der Waals surface area contributed by atoms with Gasteiger partial charge in [-0.15, -0.1) is 0 Å².